The molecular formula is C30H43N3O5S. The Morgan fingerprint density at radius 3 is 2.49 bits per heavy atom. The summed E-state index contributed by atoms with van der Waals surface area (Å²) in [4.78, 5) is 44.3. The van der Waals surface area contributed by atoms with Crippen molar-refractivity contribution in [3.8, 4) is 0 Å². The van der Waals surface area contributed by atoms with Crippen molar-refractivity contribution in [1.29, 1.82) is 0 Å². The van der Waals surface area contributed by atoms with E-state index in [0.29, 0.717) is 18.0 Å². The van der Waals surface area contributed by atoms with E-state index in [-0.39, 0.29) is 41.5 Å². The molecule has 1 aromatic carbocycles. The first-order chi connectivity index (χ1) is 19.0. The van der Waals surface area contributed by atoms with Gasteiger partial charge in [0.15, 0.2) is 5.78 Å². The van der Waals surface area contributed by atoms with E-state index in [2.05, 4.69) is 22.3 Å². The largest absolute Gasteiger partial charge is 0.383 e. The molecule has 1 N–H and O–H groups in total. The van der Waals surface area contributed by atoms with Gasteiger partial charge in [0, 0.05) is 25.8 Å². The molecule has 1 saturated carbocycles. The molecule has 3 heterocycles. The number of nitrogens with zero attached hydrogens (tertiary/aromatic N) is 2. The maximum absolute atomic E-state index is 14.0. The number of Topliss-reactive ketones (excluding diaryl/α,β-unsaturated/α-hetero) is 1. The molecule has 4 atom stereocenters. The predicted octanol–water partition coefficient (Wildman–Crippen LogP) is 3.10. The molecule has 9 heteroatoms. The number of ketones is 1. The number of piperidine rings is 1. The number of amides is 2. The number of methoxy groups -OCH3 is 1. The van der Waals surface area contributed by atoms with Gasteiger partial charge in [-0.1, -0.05) is 31.4 Å². The molecule has 4 aliphatic rings. The highest BCUT2D eigenvalue weighted by atomic mass is 32.2. The number of hydrogen-bond acceptors (Lipinski definition) is 7. The van der Waals surface area contributed by atoms with Crippen molar-refractivity contribution >= 4 is 29.4 Å². The van der Waals surface area contributed by atoms with Crippen LogP contribution in [0.2, 0.25) is 0 Å². The first-order valence-electron chi connectivity index (χ1n) is 14.6. The highest BCUT2D eigenvalue weighted by molar-refractivity contribution is 7.99. The number of thioether (sulfide) groups is 1. The Balaban J connectivity index is 1.26. The first-order valence-corrected chi connectivity index (χ1v) is 15.9. The van der Waals surface area contributed by atoms with Gasteiger partial charge in [0.25, 0.3) is 5.91 Å². The van der Waals surface area contributed by atoms with Crippen LogP contribution in [-0.4, -0.2) is 104 Å². The molecule has 214 valence electrons. The van der Waals surface area contributed by atoms with Gasteiger partial charge < -0.3 is 24.6 Å². The van der Waals surface area contributed by atoms with Gasteiger partial charge in [-0.15, -0.1) is 0 Å². The van der Waals surface area contributed by atoms with E-state index in [4.69, 9.17) is 9.47 Å². The van der Waals surface area contributed by atoms with Crippen molar-refractivity contribution in [2.45, 2.75) is 74.3 Å². The van der Waals surface area contributed by atoms with Crippen molar-refractivity contribution in [2.75, 3.05) is 52.8 Å². The van der Waals surface area contributed by atoms with Crippen molar-refractivity contribution in [1.82, 2.24) is 15.1 Å². The minimum atomic E-state index is -0.622. The summed E-state index contributed by atoms with van der Waals surface area (Å²) < 4.78 is 11.0. The van der Waals surface area contributed by atoms with Crippen LogP contribution in [0.15, 0.2) is 24.3 Å². The highest BCUT2D eigenvalue weighted by Crippen LogP contribution is 2.36. The van der Waals surface area contributed by atoms with Crippen LogP contribution in [0.4, 0.5) is 0 Å². The molecule has 3 saturated heterocycles. The topological polar surface area (TPSA) is 88.2 Å². The van der Waals surface area contributed by atoms with Crippen LogP contribution in [0.1, 0.15) is 66.8 Å². The Kier molecular flexibility index (Phi) is 9.64. The Bertz CT molecular complexity index is 1010. The van der Waals surface area contributed by atoms with E-state index < -0.39 is 12.1 Å². The predicted molar refractivity (Wildman–Crippen MR) is 152 cm³/mol. The van der Waals surface area contributed by atoms with Gasteiger partial charge in [0.1, 0.15) is 18.7 Å². The third-order valence-corrected chi connectivity index (χ3v) is 10.3. The smallest absolute Gasteiger partial charge is 0.251 e. The number of nitrogens with one attached hydrogen (secondary N) is 1. The number of fused-ring (bicyclic) bond motifs is 1. The molecule has 2 amide bonds. The summed E-state index contributed by atoms with van der Waals surface area (Å²) in [6, 6.07) is 6.79. The summed E-state index contributed by atoms with van der Waals surface area (Å²) in [6.07, 6.45) is 9.06. The Morgan fingerprint density at radius 2 is 1.82 bits per heavy atom. The molecule has 5 rings (SSSR count). The van der Waals surface area contributed by atoms with Crippen LogP contribution in [0, 0.1) is 5.92 Å². The van der Waals surface area contributed by atoms with Gasteiger partial charge in [-0.2, -0.15) is 11.8 Å². The maximum Gasteiger partial charge on any atom is 0.251 e. The second-order valence-electron chi connectivity index (χ2n) is 11.5. The number of hydrogen-bond donors (Lipinski definition) is 1. The lowest BCUT2D eigenvalue weighted by Crippen LogP contribution is -2.55. The fourth-order valence-electron chi connectivity index (χ4n) is 6.92. The summed E-state index contributed by atoms with van der Waals surface area (Å²) in [6.45, 7) is 4.41. The van der Waals surface area contributed by atoms with Gasteiger partial charge in [-0.25, -0.2) is 0 Å². The Hall–Kier alpha value is -1.94. The van der Waals surface area contributed by atoms with E-state index in [9.17, 15) is 14.4 Å². The van der Waals surface area contributed by atoms with Gasteiger partial charge in [-0.3, -0.25) is 14.4 Å². The zero-order chi connectivity index (χ0) is 27.4. The average molecular weight is 558 g/mol. The highest BCUT2D eigenvalue weighted by Gasteiger charge is 2.53. The molecule has 0 aromatic heterocycles. The minimum absolute atomic E-state index is 0.0289. The van der Waals surface area contributed by atoms with E-state index in [1.807, 2.05) is 18.4 Å². The molecule has 0 unspecified atom stereocenters. The summed E-state index contributed by atoms with van der Waals surface area (Å²) in [5.74, 6) is 0.209. The normalized spacial score (nSPS) is 27.5. The second kappa shape index (κ2) is 13.1. The SMILES string of the molecule is COCCN1CCC(c2ccc(C(=O)N[C@H](C(=O)N3C[C@H](SC)[C@H]4OCC(=O)[C@H]43)C3CCCCC3)cc2)CC1. The molecule has 0 bridgehead atoms. The van der Waals surface area contributed by atoms with Gasteiger partial charge in [0.05, 0.1) is 18.0 Å². The Labute approximate surface area is 236 Å². The summed E-state index contributed by atoms with van der Waals surface area (Å²) in [7, 11) is 1.74. The van der Waals surface area contributed by atoms with Crippen molar-refractivity contribution in [2.24, 2.45) is 5.92 Å². The van der Waals surface area contributed by atoms with Crippen molar-refractivity contribution in [3.63, 3.8) is 0 Å². The summed E-state index contributed by atoms with van der Waals surface area (Å²) >= 11 is 1.64. The maximum atomic E-state index is 14.0. The number of carbonyl (C=O) groups is 3. The van der Waals surface area contributed by atoms with Crippen LogP contribution >= 0.6 is 11.8 Å². The number of rotatable bonds is 9. The standard InChI is InChI=1S/C30H43N3O5S/c1-37-17-16-32-14-12-21(13-15-32)20-8-10-23(11-9-20)29(35)31-26(22-6-4-3-5-7-22)30(36)33-18-25(39-2)28-27(33)24(34)19-38-28/h8-11,21-22,25-28H,3-7,12-19H2,1-2H3,(H,31,35)/t25-,26-,27+,28+/m0/s1. The van der Waals surface area contributed by atoms with Gasteiger partial charge in [0.2, 0.25) is 5.91 Å². The van der Waals surface area contributed by atoms with Crippen molar-refractivity contribution in [3.05, 3.63) is 35.4 Å². The Morgan fingerprint density at radius 1 is 1.10 bits per heavy atom. The fraction of sp³-hybridized carbons (Fsp3) is 0.700. The molecule has 4 fully saturated rings. The average Bonchev–Trinajstić information content (AvgIpc) is 3.55. The number of likely N-dealkylation sites (tertiary alicyclic amines) is 2. The zero-order valence-electron chi connectivity index (χ0n) is 23.3. The monoisotopic (exact) mass is 557 g/mol. The lowest BCUT2D eigenvalue weighted by molar-refractivity contribution is -0.139. The van der Waals surface area contributed by atoms with Gasteiger partial charge in [-0.05, 0) is 74.6 Å². The van der Waals surface area contributed by atoms with E-state index in [0.717, 1.165) is 71.2 Å². The summed E-state index contributed by atoms with van der Waals surface area (Å²) in [5, 5.41) is 3.20. The summed E-state index contributed by atoms with van der Waals surface area (Å²) in [5.41, 5.74) is 1.84. The molecular weight excluding hydrogens is 514 g/mol. The minimum Gasteiger partial charge on any atom is -0.383 e. The van der Waals surface area contributed by atoms with E-state index >= 15 is 0 Å². The van der Waals surface area contributed by atoms with Crippen LogP contribution in [0.3, 0.4) is 0 Å². The van der Waals surface area contributed by atoms with Crippen LogP contribution in [0.5, 0.6) is 0 Å². The van der Waals surface area contributed by atoms with Crippen molar-refractivity contribution < 1.29 is 23.9 Å². The molecule has 3 aliphatic heterocycles. The van der Waals surface area contributed by atoms with Crippen LogP contribution in [-0.2, 0) is 19.1 Å². The third kappa shape index (κ3) is 6.37. The van der Waals surface area contributed by atoms with Gasteiger partial charge >= 0.3 is 0 Å². The number of benzene rings is 1. The lowest BCUT2D eigenvalue weighted by atomic mass is 9.83. The molecule has 8 nitrogen and oxygen atoms in total. The molecule has 1 aliphatic carbocycles. The second-order valence-corrected chi connectivity index (χ2v) is 12.6. The third-order valence-electron chi connectivity index (χ3n) is 9.24. The molecule has 0 radical (unpaired) electrons. The number of ether oxygens (including phenoxy) is 2. The molecule has 39 heavy (non-hydrogen) atoms. The zero-order valence-corrected chi connectivity index (χ0v) is 24.1. The fourth-order valence-corrected chi connectivity index (χ4v) is 7.72. The number of carbonyl (C=O) groups excluding carboxylic acids is 3. The quantitative estimate of drug-likeness (QED) is 0.499. The first kappa shape index (κ1) is 28.6. The molecule has 1 aromatic rings. The van der Waals surface area contributed by atoms with E-state index in [1.165, 1.54) is 5.56 Å². The van der Waals surface area contributed by atoms with E-state index in [1.54, 1.807) is 23.8 Å². The van der Waals surface area contributed by atoms with Crippen LogP contribution in [0.25, 0.3) is 0 Å². The van der Waals surface area contributed by atoms with Crippen LogP contribution < -0.4 is 5.32 Å². The lowest BCUT2D eigenvalue weighted by Gasteiger charge is -2.34. The molecule has 0 spiro atoms.